The smallest absolute Gasteiger partial charge is 0.136 e. The van der Waals surface area contributed by atoms with Crippen LogP contribution < -0.4 is 0 Å². The quantitative estimate of drug-likeness (QED) is 0.760. The molecule has 2 aliphatic carbocycles. The molecule has 2 saturated carbocycles. The van der Waals surface area contributed by atoms with Crippen molar-refractivity contribution in [2.75, 3.05) is 6.61 Å². The number of hydrogen-bond donors (Lipinski definition) is 0. The van der Waals surface area contributed by atoms with Crippen LogP contribution >= 0.6 is 0 Å². The van der Waals surface area contributed by atoms with E-state index in [1.807, 2.05) is 0 Å². The third-order valence-corrected chi connectivity index (χ3v) is 5.41. The van der Waals surface area contributed by atoms with Gasteiger partial charge < -0.3 is 4.74 Å². The predicted molar refractivity (Wildman–Crippen MR) is 71.5 cm³/mol. The van der Waals surface area contributed by atoms with Gasteiger partial charge in [-0.15, -0.1) is 0 Å². The van der Waals surface area contributed by atoms with Gasteiger partial charge in [-0.3, -0.25) is 4.79 Å². The molecular weight excluding hydrogens is 224 g/mol. The van der Waals surface area contributed by atoms with Crippen LogP contribution in [-0.4, -0.2) is 18.0 Å². The van der Waals surface area contributed by atoms with Crippen molar-refractivity contribution >= 4 is 5.78 Å². The number of hydrogen-bond acceptors (Lipinski definition) is 2. The fourth-order valence-corrected chi connectivity index (χ4v) is 4.37. The highest BCUT2D eigenvalue weighted by atomic mass is 16.5. The molecule has 3 fully saturated rings. The van der Waals surface area contributed by atoms with Crippen molar-refractivity contribution < 1.29 is 9.53 Å². The number of ether oxygens (including phenoxy) is 1. The summed E-state index contributed by atoms with van der Waals surface area (Å²) in [5.74, 6) is 1.59. The van der Waals surface area contributed by atoms with Crippen LogP contribution in [0.5, 0.6) is 0 Å². The van der Waals surface area contributed by atoms with Gasteiger partial charge in [0.15, 0.2) is 0 Å². The number of carbonyl (C=O) groups is 1. The molecule has 3 aliphatic rings. The second-order valence-corrected chi connectivity index (χ2v) is 6.75. The Bertz CT molecular complexity index is 298. The Balaban J connectivity index is 1.54. The van der Waals surface area contributed by atoms with E-state index in [1.165, 1.54) is 38.5 Å². The summed E-state index contributed by atoms with van der Waals surface area (Å²) in [5, 5.41) is 0. The van der Waals surface area contributed by atoms with Crippen molar-refractivity contribution in [1.29, 1.82) is 0 Å². The molecule has 2 nitrogen and oxygen atoms in total. The summed E-state index contributed by atoms with van der Waals surface area (Å²) < 4.78 is 6.05. The van der Waals surface area contributed by atoms with Gasteiger partial charge in [0.25, 0.3) is 0 Å². The molecule has 1 heterocycles. The van der Waals surface area contributed by atoms with Crippen molar-refractivity contribution in [2.45, 2.75) is 76.2 Å². The molecule has 0 radical (unpaired) electrons. The Labute approximate surface area is 110 Å². The molecule has 0 N–H and O–H groups in total. The van der Waals surface area contributed by atoms with Crippen LogP contribution in [0.2, 0.25) is 0 Å². The second-order valence-electron chi connectivity index (χ2n) is 6.75. The lowest BCUT2D eigenvalue weighted by atomic mass is 9.80. The van der Waals surface area contributed by atoms with E-state index in [0.29, 0.717) is 17.6 Å². The molecule has 2 heteroatoms. The van der Waals surface area contributed by atoms with Gasteiger partial charge >= 0.3 is 0 Å². The van der Waals surface area contributed by atoms with Crippen molar-refractivity contribution in [3.05, 3.63) is 0 Å². The zero-order valence-corrected chi connectivity index (χ0v) is 11.5. The van der Waals surface area contributed by atoms with E-state index >= 15 is 0 Å². The van der Waals surface area contributed by atoms with Gasteiger partial charge in [0, 0.05) is 18.9 Å². The van der Waals surface area contributed by atoms with E-state index in [0.717, 1.165) is 38.7 Å². The Morgan fingerprint density at radius 1 is 1.06 bits per heavy atom. The third kappa shape index (κ3) is 2.64. The first-order valence-electron chi connectivity index (χ1n) is 7.94. The van der Waals surface area contributed by atoms with Crippen LogP contribution in [0.25, 0.3) is 0 Å². The van der Waals surface area contributed by atoms with Crippen molar-refractivity contribution in [3.63, 3.8) is 0 Å². The molecule has 0 aromatic heterocycles. The van der Waals surface area contributed by atoms with Crippen LogP contribution in [0.4, 0.5) is 0 Å². The Morgan fingerprint density at radius 3 is 2.50 bits per heavy atom. The van der Waals surface area contributed by atoms with E-state index in [4.69, 9.17) is 4.74 Å². The molecule has 0 bridgehead atoms. The minimum Gasteiger partial charge on any atom is -0.375 e. The summed E-state index contributed by atoms with van der Waals surface area (Å²) in [6.45, 7) is 0.891. The topological polar surface area (TPSA) is 26.3 Å². The summed E-state index contributed by atoms with van der Waals surface area (Å²) in [5.41, 5.74) is 0.179. The molecule has 1 unspecified atom stereocenters. The normalized spacial score (nSPS) is 32.1. The Morgan fingerprint density at radius 2 is 1.78 bits per heavy atom. The maximum absolute atomic E-state index is 12.3. The van der Waals surface area contributed by atoms with Crippen LogP contribution in [0.1, 0.15) is 70.6 Å². The number of carbonyl (C=O) groups excluding carboxylic acids is 1. The minimum absolute atomic E-state index is 0.179. The van der Waals surface area contributed by atoms with Crippen molar-refractivity contribution in [1.82, 2.24) is 0 Å². The average molecular weight is 250 g/mol. The van der Waals surface area contributed by atoms with E-state index in [-0.39, 0.29) is 5.60 Å². The molecule has 0 aromatic carbocycles. The van der Waals surface area contributed by atoms with Crippen molar-refractivity contribution in [3.8, 4) is 0 Å². The molecule has 0 amide bonds. The van der Waals surface area contributed by atoms with Gasteiger partial charge in [0.2, 0.25) is 0 Å². The van der Waals surface area contributed by atoms with Crippen molar-refractivity contribution in [2.24, 2.45) is 11.8 Å². The first-order chi connectivity index (χ1) is 8.77. The molecule has 1 saturated heterocycles. The summed E-state index contributed by atoms with van der Waals surface area (Å²) in [6.07, 6.45) is 13.1. The van der Waals surface area contributed by atoms with Gasteiger partial charge in [-0.25, -0.2) is 0 Å². The summed E-state index contributed by atoms with van der Waals surface area (Å²) in [6, 6.07) is 0. The van der Waals surface area contributed by atoms with E-state index in [9.17, 15) is 4.79 Å². The highest BCUT2D eigenvalue weighted by molar-refractivity contribution is 5.81. The number of Topliss-reactive ketones (excluding diaryl/α,β-unsaturated/α-hetero) is 1. The monoisotopic (exact) mass is 250 g/mol. The molecular formula is C16H26O2. The van der Waals surface area contributed by atoms with Gasteiger partial charge in [-0.1, -0.05) is 25.7 Å². The molecule has 1 atom stereocenters. The summed E-state index contributed by atoms with van der Waals surface area (Å²) >= 11 is 0. The molecule has 1 spiro atoms. The lowest BCUT2D eigenvalue weighted by Gasteiger charge is -2.38. The lowest BCUT2D eigenvalue weighted by molar-refractivity contribution is -0.128. The minimum atomic E-state index is 0.179. The largest absolute Gasteiger partial charge is 0.375 e. The fraction of sp³-hybridized carbons (Fsp3) is 0.938. The molecule has 102 valence electrons. The SMILES string of the molecule is O=C(CC1CCOC2(CCCC2)C1)C1CCCC1. The van der Waals surface area contributed by atoms with Gasteiger partial charge in [0.05, 0.1) is 5.60 Å². The fourth-order valence-electron chi connectivity index (χ4n) is 4.37. The Kier molecular flexibility index (Phi) is 3.74. The van der Waals surface area contributed by atoms with Gasteiger partial charge in [-0.2, -0.15) is 0 Å². The second kappa shape index (κ2) is 5.32. The van der Waals surface area contributed by atoms with Gasteiger partial charge in [-0.05, 0) is 44.4 Å². The lowest BCUT2D eigenvalue weighted by Crippen LogP contribution is -2.38. The predicted octanol–water partition coefficient (Wildman–Crippen LogP) is 3.88. The maximum Gasteiger partial charge on any atom is 0.136 e. The standard InChI is InChI=1S/C16H26O2/c17-15(14-5-1-2-6-14)11-13-7-10-18-16(12-13)8-3-4-9-16/h13-14H,1-12H2. The van der Waals surface area contributed by atoms with Gasteiger partial charge in [0.1, 0.15) is 5.78 Å². The summed E-state index contributed by atoms with van der Waals surface area (Å²) in [7, 11) is 0. The zero-order chi connectivity index (χ0) is 12.4. The van der Waals surface area contributed by atoms with E-state index < -0.39 is 0 Å². The number of ketones is 1. The van der Waals surface area contributed by atoms with Crippen LogP contribution in [0, 0.1) is 11.8 Å². The first kappa shape index (κ1) is 12.7. The van der Waals surface area contributed by atoms with Crippen LogP contribution in [0.15, 0.2) is 0 Å². The highest BCUT2D eigenvalue weighted by Gasteiger charge is 2.40. The first-order valence-corrected chi connectivity index (χ1v) is 7.94. The molecule has 3 rings (SSSR count). The Hall–Kier alpha value is -0.370. The van der Waals surface area contributed by atoms with E-state index in [1.54, 1.807) is 0 Å². The van der Waals surface area contributed by atoms with E-state index in [2.05, 4.69) is 0 Å². The third-order valence-electron chi connectivity index (χ3n) is 5.41. The zero-order valence-electron chi connectivity index (χ0n) is 11.5. The molecule has 0 aromatic rings. The molecule has 18 heavy (non-hydrogen) atoms. The van der Waals surface area contributed by atoms with Crippen LogP contribution in [-0.2, 0) is 9.53 Å². The highest BCUT2D eigenvalue weighted by Crippen LogP contribution is 2.43. The maximum atomic E-state index is 12.3. The number of rotatable bonds is 3. The average Bonchev–Trinajstić information content (AvgIpc) is 3.01. The molecule has 1 aliphatic heterocycles. The summed E-state index contributed by atoms with van der Waals surface area (Å²) in [4.78, 5) is 12.3. The van der Waals surface area contributed by atoms with Crippen LogP contribution in [0.3, 0.4) is 0 Å².